The number of nitrogens with one attached hydrogen (secondary N) is 1. The summed E-state index contributed by atoms with van der Waals surface area (Å²) >= 11 is 1.41. The van der Waals surface area contributed by atoms with Crippen LogP contribution in [0.2, 0.25) is 0 Å². The van der Waals surface area contributed by atoms with Crippen LogP contribution in [0.3, 0.4) is 0 Å². The summed E-state index contributed by atoms with van der Waals surface area (Å²) in [7, 11) is 0. The molecule has 3 aromatic heterocycles. The molecule has 1 aliphatic rings. The molecule has 1 aliphatic heterocycles. The van der Waals surface area contributed by atoms with Crippen LogP contribution in [0.15, 0.2) is 54.6 Å². The Hall–Kier alpha value is -3.24. The van der Waals surface area contributed by atoms with Crippen LogP contribution < -0.4 is 5.32 Å². The van der Waals surface area contributed by atoms with E-state index in [-0.39, 0.29) is 23.1 Å². The average molecular weight is 514 g/mol. The highest BCUT2D eigenvalue weighted by atomic mass is 32.1. The number of likely N-dealkylation sites (tertiary alicyclic amines) is 1. The summed E-state index contributed by atoms with van der Waals surface area (Å²) in [6.07, 6.45) is -2.33. The first-order valence-corrected chi connectivity index (χ1v) is 12.8. The molecule has 0 bridgehead atoms. The molecular weight excluding hydrogens is 487 g/mol. The van der Waals surface area contributed by atoms with Crippen LogP contribution in [0, 0.1) is 0 Å². The van der Waals surface area contributed by atoms with Gasteiger partial charge in [-0.3, -0.25) is 9.69 Å². The zero-order valence-electron chi connectivity index (χ0n) is 19.8. The van der Waals surface area contributed by atoms with E-state index in [1.165, 1.54) is 23.0 Å². The molecule has 0 radical (unpaired) electrons. The SMILES string of the molecule is CCc1ccc(-c2cc(C(F)(F)F)n3nc(C(=O)NC4CCN(Cc5ccccc5)CC4)cc3n2)s1. The Labute approximate surface area is 210 Å². The van der Waals surface area contributed by atoms with Crippen molar-refractivity contribution in [1.29, 1.82) is 0 Å². The van der Waals surface area contributed by atoms with Crippen LogP contribution >= 0.6 is 11.3 Å². The second-order valence-electron chi connectivity index (χ2n) is 8.95. The lowest BCUT2D eigenvalue weighted by atomic mass is 10.0. The highest BCUT2D eigenvalue weighted by Gasteiger charge is 2.36. The van der Waals surface area contributed by atoms with Gasteiger partial charge in [0.2, 0.25) is 0 Å². The molecule has 10 heteroatoms. The number of carbonyl (C=O) groups excluding carboxylic acids is 1. The zero-order chi connectivity index (χ0) is 25.3. The molecule has 0 aliphatic carbocycles. The van der Waals surface area contributed by atoms with Crippen molar-refractivity contribution in [3.05, 3.63) is 76.4 Å². The number of hydrogen-bond acceptors (Lipinski definition) is 5. The number of nitrogens with zero attached hydrogens (tertiary/aromatic N) is 4. The summed E-state index contributed by atoms with van der Waals surface area (Å²) in [5.41, 5.74) is 0.427. The third-order valence-electron chi connectivity index (χ3n) is 6.38. The molecule has 0 atom stereocenters. The minimum atomic E-state index is -4.65. The Bertz CT molecular complexity index is 1360. The third-order valence-corrected chi connectivity index (χ3v) is 7.64. The molecule has 1 N–H and O–H groups in total. The second-order valence-corrected chi connectivity index (χ2v) is 10.1. The summed E-state index contributed by atoms with van der Waals surface area (Å²) in [6.45, 7) is 4.50. The first kappa shape index (κ1) is 24.5. The molecule has 1 aromatic carbocycles. The number of halogens is 3. The van der Waals surface area contributed by atoms with Crippen molar-refractivity contribution < 1.29 is 18.0 Å². The van der Waals surface area contributed by atoms with Crippen LogP contribution in [0.5, 0.6) is 0 Å². The van der Waals surface area contributed by atoms with Gasteiger partial charge < -0.3 is 5.32 Å². The quantitative estimate of drug-likeness (QED) is 0.373. The van der Waals surface area contributed by atoms with Crippen LogP contribution in [-0.2, 0) is 19.1 Å². The fourth-order valence-corrected chi connectivity index (χ4v) is 5.36. The van der Waals surface area contributed by atoms with Gasteiger partial charge in [-0.05, 0) is 43.0 Å². The van der Waals surface area contributed by atoms with Crippen LogP contribution in [0.25, 0.3) is 16.2 Å². The van der Waals surface area contributed by atoms with Crippen LogP contribution in [0.1, 0.15) is 46.4 Å². The lowest BCUT2D eigenvalue weighted by molar-refractivity contribution is -0.142. The van der Waals surface area contributed by atoms with E-state index >= 15 is 0 Å². The number of amides is 1. The summed E-state index contributed by atoms with van der Waals surface area (Å²) in [5.74, 6) is -0.485. The maximum Gasteiger partial charge on any atom is 0.433 e. The molecule has 4 aromatic rings. The van der Waals surface area contributed by atoms with Gasteiger partial charge in [0.15, 0.2) is 17.0 Å². The minimum Gasteiger partial charge on any atom is -0.348 e. The lowest BCUT2D eigenvalue weighted by Crippen LogP contribution is -2.44. The molecule has 0 unspecified atom stereocenters. The average Bonchev–Trinajstić information content (AvgIpc) is 3.52. The first-order chi connectivity index (χ1) is 17.3. The largest absolute Gasteiger partial charge is 0.433 e. The van der Waals surface area contributed by atoms with Gasteiger partial charge in [-0.15, -0.1) is 11.3 Å². The van der Waals surface area contributed by atoms with Crippen molar-refractivity contribution in [3.8, 4) is 10.6 Å². The van der Waals surface area contributed by atoms with Gasteiger partial charge in [-0.25, -0.2) is 9.50 Å². The topological polar surface area (TPSA) is 62.5 Å². The molecule has 1 amide bonds. The number of carbonyl (C=O) groups is 1. The van der Waals surface area contributed by atoms with Crippen molar-refractivity contribution in [3.63, 3.8) is 0 Å². The molecule has 6 nitrogen and oxygen atoms in total. The number of fused-ring (bicyclic) bond motifs is 1. The van der Waals surface area contributed by atoms with Crippen molar-refractivity contribution >= 4 is 22.9 Å². The van der Waals surface area contributed by atoms with Gasteiger partial charge in [0.05, 0.1) is 10.6 Å². The number of aromatic nitrogens is 3. The lowest BCUT2D eigenvalue weighted by Gasteiger charge is -2.32. The van der Waals surface area contributed by atoms with Crippen molar-refractivity contribution in [2.24, 2.45) is 0 Å². The van der Waals surface area contributed by atoms with E-state index in [2.05, 4.69) is 32.4 Å². The predicted molar refractivity (Wildman–Crippen MR) is 133 cm³/mol. The van der Waals surface area contributed by atoms with E-state index in [1.807, 2.05) is 31.2 Å². The number of benzene rings is 1. The maximum absolute atomic E-state index is 13.9. The number of thiophene rings is 1. The third kappa shape index (κ3) is 5.29. The van der Waals surface area contributed by atoms with Crippen LogP contribution in [-0.4, -0.2) is 44.5 Å². The summed E-state index contributed by atoms with van der Waals surface area (Å²) in [5, 5.41) is 6.93. The van der Waals surface area contributed by atoms with Gasteiger partial charge >= 0.3 is 6.18 Å². The Morgan fingerprint density at radius 3 is 2.53 bits per heavy atom. The standard InChI is InChI=1S/C26H26F3N5OS/c1-2-19-8-9-22(36-19)20-14-23(26(27,28)29)34-24(31-20)15-21(32-34)25(35)30-18-10-12-33(13-11-18)16-17-6-4-3-5-7-17/h3-9,14-15,18H,2,10-13,16H2,1H3,(H,30,35). The van der Waals surface area contributed by atoms with Crippen LogP contribution in [0.4, 0.5) is 13.2 Å². The Balaban J connectivity index is 1.31. The molecule has 0 saturated carbocycles. The van der Waals surface area contributed by atoms with Gasteiger partial charge in [0.1, 0.15) is 0 Å². The van der Waals surface area contributed by atoms with Crippen molar-refractivity contribution in [1.82, 2.24) is 24.8 Å². The number of hydrogen-bond donors (Lipinski definition) is 1. The van der Waals surface area contributed by atoms with Gasteiger partial charge in [-0.1, -0.05) is 37.3 Å². The van der Waals surface area contributed by atoms with Crippen molar-refractivity contribution in [2.75, 3.05) is 13.1 Å². The predicted octanol–water partition coefficient (Wildman–Crippen LogP) is 5.43. The number of rotatable bonds is 6. The van der Waals surface area contributed by atoms with Gasteiger partial charge in [0, 0.05) is 36.6 Å². The summed E-state index contributed by atoms with van der Waals surface area (Å²) in [4.78, 5) is 21.3. The smallest absolute Gasteiger partial charge is 0.348 e. The molecule has 188 valence electrons. The number of alkyl halides is 3. The van der Waals surface area contributed by atoms with E-state index in [0.29, 0.717) is 4.88 Å². The zero-order valence-corrected chi connectivity index (χ0v) is 20.6. The van der Waals surface area contributed by atoms with E-state index in [9.17, 15) is 18.0 Å². The molecule has 0 spiro atoms. The minimum absolute atomic E-state index is 0.00546. The monoisotopic (exact) mass is 513 g/mol. The van der Waals surface area contributed by atoms with E-state index < -0.39 is 17.8 Å². The normalized spacial score (nSPS) is 15.4. The Morgan fingerprint density at radius 1 is 1.11 bits per heavy atom. The van der Waals surface area contributed by atoms with Gasteiger partial charge in [-0.2, -0.15) is 18.3 Å². The Kier molecular flexibility index (Phi) is 6.81. The second kappa shape index (κ2) is 10.0. The summed E-state index contributed by atoms with van der Waals surface area (Å²) in [6, 6.07) is 16.1. The fraction of sp³-hybridized carbons (Fsp3) is 0.346. The molecule has 1 fully saturated rings. The Morgan fingerprint density at radius 2 is 1.86 bits per heavy atom. The fourth-order valence-electron chi connectivity index (χ4n) is 4.46. The highest BCUT2D eigenvalue weighted by Crippen LogP contribution is 2.34. The molecule has 36 heavy (non-hydrogen) atoms. The van der Waals surface area contributed by atoms with Gasteiger partial charge in [0.25, 0.3) is 5.91 Å². The van der Waals surface area contributed by atoms with E-state index in [0.717, 1.165) is 54.4 Å². The molecule has 5 rings (SSSR count). The number of aryl methyl sites for hydroxylation is 1. The molecule has 1 saturated heterocycles. The van der Waals surface area contributed by atoms with Crippen molar-refractivity contribution in [2.45, 2.75) is 44.9 Å². The molecule has 4 heterocycles. The number of piperidine rings is 1. The first-order valence-electron chi connectivity index (χ1n) is 11.9. The maximum atomic E-state index is 13.9. The highest BCUT2D eigenvalue weighted by molar-refractivity contribution is 7.15. The van der Waals surface area contributed by atoms with E-state index in [1.54, 1.807) is 6.07 Å². The van der Waals surface area contributed by atoms with E-state index in [4.69, 9.17) is 0 Å². The molecular formula is C26H26F3N5OS. The summed E-state index contributed by atoms with van der Waals surface area (Å²) < 4.78 is 42.3.